The predicted octanol–water partition coefficient (Wildman–Crippen LogP) is 8.63. The molecule has 0 saturated carbocycles. The molecule has 0 amide bonds. The average molecular weight is 455 g/mol. The van der Waals surface area contributed by atoms with Gasteiger partial charge in [0.2, 0.25) is 0 Å². The van der Waals surface area contributed by atoms with Crippen LogP contribution in [0.1, 0.15) is 167 Å². The van der Waals surface area contributed by atoms with E-state index in [0.717, 1.165) is 13.1 Å². The summed E-state index contributed by atoms with van der Waals surface area (Å²) >= 11 is 0. The van der Waals surface area contributed by atoms with Gasteiger partial charge in [-0.2, -0.15) is 0 Å². The lowest BCUT2D eigenvalue weighted by Gasteiger charge is -2.06. The monoisotopic (exact) mass is 454 g/mol. The van der Waals surface area contributed by atoms with E-state index in [4.69, 9.17) is 10.8 Å². The van der Waals surface area contributed by atoms with Gasteiger partial charge in [-0.3, -0.25) is 0 Å². The minimum Gasteiger partial charge on any atom is -0.379 e. The SMILES string of the molecule is CCCCCCCCCCCCCCCCCCCCCCCCCCNCCC(N)O. The molecule has 0 aliphatic carbocycles. The molecular weight excluding hydrogens is 392 g/mol. The zero-order valence-corrected chi connectivity index (χ0v) is 22.2. The average Bonchev–Trinajstić information content (AvgIpc) is 2.78. The Morgan fingerprint density at radius 1 is 0.469 bits per heavy atom. The van der Waals surface area contributed by atoms with Gasteiger partial charge in [0, 0.05) is 0 Å². The standard InChI is InChI=1S/C29H62N2O/c1-2-3-4-5-6-7-8-9-10-11-12-13-14-15-16-17-18-19-20-21-22-23-24-25-27-31-28-26-29(30)32/h29,31-32H,2-28,30H2,1H3. The maximum Gasteiger partial charge on any atom is 0.103 e. The molecule has 0 aliphatic heterocycles. The Labute approximate surface area is 203 Å². The fraction of sp³-hybridized carbons (Fsp3) is 1.00. The molecule has 0 aromatic heterocycles. The molecule has 0 aliphatic rings. The first-order chi connectivity index (χ1) is 15.8. The van der Waals surface area contributed by atoms with Crippen molar-refractivity contribution >= 4 is 0 Å². The molecule has 0 spiro atoms. The Kier molecular flexibility index (Phi) is 28.8. The predicted molar refractivity (Wildman–Crippen MR) is 144 cm³/mol. The van der Waals surface area contributed by atoms with E-state index in [9.17, 15) is 0 Å². The number of hydrogen-bond acceptors (Lipinski definition) is 3. The number of hydrogen-bond donors (Lipinski definition) is 3. The van der Waals surface area contributed by atoms with Gasteiger partial charge >= 0.3 is 0 Å². The lowest BCUT2D eigenvalue weighted by Crippen LogP contribution is -2.26. The van der Waals surface area contributed by atoms with E-state index in [1.165, 1.54) is 154 Å². The second kappa shape index (κ2) is 28.9. The summed E-state index contributed by atoms with van der Waals surface area (Å²) in [6.45, 7) is 4.19. The van der Waals surface area contributed by atoms with Crippen LogP contribution in [-0.4, -0.2) is 24.4 Å². The maximum absolute atomic E-state index is 8.98. The van der Waals surface area contributed by atoms with Gasteiger partial charge in [-0.05, 0) is 25.9 Å². The summed E-state index contributed by atoms with van der Waals surface area (Å²) in [4.78, 5) is 0. The Balaban J connectivity index is 3.00. The topological polar surface area (TPSA) is 58.3 Å². The van der Waals surface area contributed by atoms with Crippen molar-refractivity contribution < 1.29 is 5.11 Å². The molecule has 0 heterocycles. The van der Waals surface area contributed by atoms with Crippen LogP contribution in [-0.2, 0) is 0 Å². The van der Waals surface area contributed by atoms with Crippen molar-refractivity contribution in [1.29, 1.82) is 0 Å². The van der Waals surface area contributed by atoms with Crippen LogP contribution in [0.4, 0.5) is 0 Å². The molecule has 3 heteroatoms. The van der Waals surface area contributed by atoms with Crippen LogP contribution >= 0.6 is 0 Å². The first kappa shape index (κ1) is 31.9. The summed E-state index contributed by atoms with van der Waals surface area (Å²) < 4.78 is 0. The summed E-state index contributed by atoms with van der Waals surface area (Å²) in [6, 6.07) is 0. The second-order valence-electron chi connectivity index (χ2n) is 10.2. The Hall–Kier alpha value is -0.120. The smallest absolute Gasteiger partial charge is 0.103 e. The number of nitrogens with one attached hydrogen (secondary N) is 1. The van der Waals surface area contributed by atoms with Gasteiger partial charge in [-0.1, -0.05) is 155 Å². The van der Waals surface area contributed by atoms with E-state index < -0.39 is 6.23 Å². The minimum absolute atomic E-state index is 0.652. The molecule has 32 heavy (non-hydrogen) atoms. The van der Waals surface area contributed by atoms with Gasteiger partial charge in [-0.25, -0.2) is 0 Å². The summed E-state index contributed by atoms with van der Waals surface area (Å²) in [7, 11) is 0. The van der Waals surface area contributed by atoms with Crippen molar-refractivity contribution in [2.75, 3.05) is 13.1 Å². The van der Waals surface area contributed by atoms with Gasteiger partial charge in [0.25, 0.3) is 0 Å². The summed E-state index contributed by atoms with van der Waals surface area (Å²) in [5.74, 6) is 0. The van der Waals surface area contributed by atoms with Crippen molar-refractivity contribution in [3.63, 3.8) is 0 Å². The molecule has 1 atom stereocenters. The second-order valence-corrected chi connectivity index (χ2v) is 10.2. The lowest BCUT2D eigenvalue weighted by molar-refractivity contribution is 0.171. The molecular formula is C29H62N2O. The van der Waals surface area contributed by atoms with E-state index in [1.54, 1.807) is 0 Å². The molecule has 0 aromatic carbocycles. The zero-order chi connectivity index (χ0) is 23.4. The van der Waals surface area contributed by atoms with Gasteiger partial charge in [-0.15, -0.1) is 0 Å². The normalized spacial score (nSPS) is 12.5. The summed E-state index contributed by atoms with van der Waals surface area (Å²) in [5.41, 5.74) is 5.31. The highest BCUT2D eigenvalue weighted by atomic mass is 16.3. The molecule has 194 valence electrons. The number of unbranched alkanes of at least 4 members (excludes halogenated alkanes) is 23. The molecule has 4 N–H and O–H groups in total. The molecule has 0 rings (SSSR count). The van der Waals surface area contributed by atoms with Gasteiger partial charge in [0.05, 0.1) is 0 Å². The molecule has 0 saturated heterocycles. The van der Waals surface area contributed by atoms with Gasteiger partial charge < -0.3 is 16.2 Å². The van der Waals surface area contributed by atoms with Crippen LogP contribution in [0.3, 0.4) is 0 Å². The first-order valence-corrected chi connectivity index (χ1v) is 14.9. The minimum atomic E-state index is -0.665. The highest BCUT2D eigenvalue weighted by molar-refractivity contribution is 4.54. The van der Waals surface area contributed by atoms with Crippen molar-refractivity contribution in [3.8, 4) is 0 Å². The highest BCUT2D eigenvalue weighted by Gasteiger charge is 1.97. The molecule has 0 aromatic rings. The van der Waals surface area contributed by atoms with Crippen molar-refractivity contribution in [1.82, 2.24) is 5.32 Å². The Morgan fingerprint density at radius 2 is 0.750 bits per heavy atom. The van der Waals surface area contributed by atoms with Crippen molar-refractivity contribution in [3.05, 3.63) is 0 Å². The number of rotatable bonds is 28. The van der Waals surface area contributed by atoms with Gasteiger partial charge in [0.15, 0.2) is 0 Å². The molecule has 3 nitrogen and oxygen atoms in total. The highest BCUT2D eigenvalue weighted by Crippen LogP contribution is 2.15. The zero-order valence-electron chi connectivity index (χ0n) is 22.2. The van der Waals surface area contributed by atoms with Crippen LogP contribution in [0, 0.1) is 0 Å². The Morgan fingerprint density at radius 3 is 1.03 bits per heavy atom. The van der Waals surface area contributed by atoms with E-state index >= 15 is 0 Å². The number of nitrogens with two attached hydrogens (primary N) is 1. The van der Waals surface area contributed by atoms with Crippen LogP contribution < -0.4 is 11.1 Å². The van der Waals surface area contributed by atoms with Crippen molar-refractivity contribution in [2.24, 2.45) is 5.73 Å². The molecule has 0 bridgehead atoms. The van der Waals surface area contributed by atoms with Crippen LogP contribution in [0.5, 0.6) is 0 Å². The third kappa shape index (κ3) is 29.9. The summed E-state index contributed by atoms with van der Waals surface area (Å²) in [5, 5.41) is 12.3. The molecule has 0 fully saturated rings. The fourth-order valence-electron chi connectivity index (χ4n) is 4.59. The van der Waals surface area contributed by atoms with E-state index in [2.05, 4.69) is 12.2 Å². The van der Waals surface area contributed by atoms with Crippen LogP contribution in [0.2, 0.25) is 0 Å². The van der Waals surface area contributed by atoms with Crippen molar-refractivity contribution in [2.45, 2.75) is 174 Å². The quantitative estimate of drug-likeness (QED) is 0.0818. The lowest BCUT2D eigenvalue weighted by atomic mass is 10.0. The van der Waals surface area contributed by atoms with Gasteiger partial charge in [0.1, 0.15) is 6.23 Å². The molecule has 0 radical (unpaired) electrons. The van der Waals surface area contributed by atoms with E-state index in [-0.39, 0.29) is 0 Å². The Bertz CT molecular complexity index is 322. The first-order valence-electron chi connectivity index (χ1n) is 14.9. The number of aliphatic hydroxyl groups excluding tert-OH is 1. The van der Waals surface area contributed by atoms with Crippen LogP contribution in [0.25, 0.3) is 0 Å². The number of aliphatic hydroxyl groups is 1. The van der Waals surface area contributed by atoms with E-state index in [1.807, 2.05) is 0 Å². The summed E-state index contributed by atoms with van der Waals surface area (Å²) in [6.07, 6.45) is 34.5. The van der Waals surface area contributed by atoms with Crippen LogP contribution in [0.15, 0.2) is 0 Å². The molecule has 1 unspecified atom stereocenters. The fourth-order valence-corrected chi connectivity index (χ4v) is 4.59. The largest absolute Gasteiger partial charge is 0.379 e. The maximum atomic E-state index is 8.98. The third-order valence-electron chi connectivity index (χ3n) is 6.82. The third-order valence-corrected chi connectivity index (χ3v) is 6.82. The van der Waals surface area contributed by atoms with E-state index in [0.29, 0.717) is 6.42 Å².